The van der Waals surface area contributed by atoms with Crippen molar-refractivity contribution < 1.29 is 19.5 Å². The predicted molar refractivity (Wildman–Crippen MR) is 215 cm³/mol. The molecule has 7 aromatic rings. The number of halogens is 1. The van der Waals surface area contributed by atoms with Crippen molar-refractivity contribution in [3.63, 3.8) is 0 Å². The third kappa shape index (κ3) is 4.48. The minimum atomic E-state index is -2.07. The normalized spacial score (nSPS) is 23.6. The molecule has 1 N–H and O–H groups in total. The summed E-state index contributed by atoms with van der Waals surface area (Å²) in [5.74, 6) is -2.48. The average Bonchev–Trinajstić information content (AvgIpc) is 3.73. The molecule has 3 aliphatic rings. The van der Waals surface area contributed by atoms with Crippen molar-refractivity contribution >= 4 is 45.5 Å². The van der Waals surface area contributed by atoms with E-state index in [9.17, 15) is 5.11 Å². The van der Waals surface area contributed by atoms with Crippen LogP contribution in [0, 0.1) is 5.92 Å². The van der Waals surface area contributed by atoms with Gasteiger partial charge < -0.3 is 10.0 Å². The van der Waals surface area contributed by atoms with Gasteiger partial charge >= 0.3 is 0 Å². The SMILES string of the molecule is O=C(c1ccccc1)[C@H]1[C@@]2(C[C@@](O)(c3ccc(-c4ccccc4)cc3)[C@@]13C(=O)N(Cc1ccccc1)c1ccc(Cl)cc13)C(=O)c1cccc3cccc2c13. The molecule has 1 heterocycles. The summed E-state index contributed by atoms with van der Waals surface area (Å²) in [5, 5.41) is 16.1. The van der Waals surface area contributed by atoms with Crippen LogP contribution in [0.4, 0.5) is 5.69 Å². The lowest BCUT2D eigenvalue weighted by atomic mass is 9.58. The lowest BCUT2D eigenvalue weighted by Crippen LogP contribution is -2.58. The largest absolute Gasteiger partial charge is 0.384 e. The van der Waals surface area contributed by atoms with Gasteiger partial charge in [-0.05, 0) is 68.8 Å². The number of ketones is 2. The second kappa shape index (κ2) is 12.2. The number of anilines is 1. The summed E-state index contributed by atoms with van der Waals surface area (Å²) in [6.07, 6.45) is -0.211. The van der Waals surface area contributed by atoms with Gasteiger partial charge in [-0.2, -0.15) is 0 Å². The van der Waals surface area contributed by atoms with Gasteiger partial charge in [-0.15, -0.1) is 0 Å². The lowest BCUT2D eigenvalue weighted by Gasteiger charge is -2.42. The van der Waals surface area contributed by atoms with Gasteiger partial charge in [0.15, 0.2) is 11.6 Å². The van der Waals surface area contributed by atoms with Gasteiger partial charge in [0.25, 0.3) is 0 Å². The zero-order valence-corrected chi connectivity index (χ0v) is 30.4. The first kappa shape index (κ1) is 33.4. The first-order valence-electron chi connectivity index (χ1n) is 18.5. The van der Waals surface area contributed by atoms with E-state index in [2.05, 4.69) is 0 Å². The smallest absolute Gasteiger partial charge is 0.242 e. The number of carbonyl (C=O) groups excluding carboxylic acids is 3. The number of hydrogen-bond acceptors (Lipinski definition) is 4. The van der Waals surface area contributed by atoms with E-state index in [0.717, 1.165) is 27.5 Å². The summed E-state index contributed by atoms with van der Waals surface area (Å²) in [7, 11) is 0. The minimum absolute atomic E-state index is 0.183. The lowest BCUT2D eigenvalue weighted by molar-refractivity contribution is -0.135. The van der Waals surface area contributed by atoms with Crippen LogP contribution in [0.25, 0.3) is 21.9 Å². The zero-order valence-electron chi connectivity index (χ0n) is 29.7. The Labute approximate surface area is 323 Å². The number of carbonyl (C=O) groups is 3. The molecule has 10 rings (SSSR count). The summed E-state index contributed by atoms with van der Waals surface area (Å²) in [6.45, 7) is 0.183. The highest BCUT2D eigenvalue weighted by molar-refractivity contribution is 6.31. The maximum absolute atomic E-state index is 16.1. The second-order valence-electron chi connectivity index (χ2n) is 15.0. The summed E-state index contributed by atoms with van der Waals surface area (Å²) >= 11 is 6.87. The minimum Gasteiger partial charge on any atom is -0.384 e. The third-order valence-electron chi connectivity index (χ3n) is 12.4. The molecule has 2 spiro atoms. The molecular formula is C49H34ClNO4. The van der Waals surface area contributed by atoms with Crippen molar-refractivity contribution in [1.29, 1.82) is 0 Å². The fourth-order valence-electron chi connectivity index (χ4n) is 10.2. The second-order valence-corrected chi connectivity index (χ2v) is 15.4. The maximum Gasteiger partial charge on any atom is 0.242 e. The number of Topliss-reactive ketones (excluding diaryl/α,β-unsaturated/α-hetero) is 2. The molecule has 2 aliphatic carbocycles. The highest BCUT2D eigenvalue weighted by atomic mass is 35.5. The van der Waals surface area contributed by atoms with Crippen LogP contribution in [-0.2, 0) is 27.8 Å². The molecule has 1 aliphatic heterocycles. The monoisotopic (exact) mass is 735 g/mol. The Kier molecular flexibility index (Phi) is 7.41. The zero-order chi connectivity index (χ0) is 37.5. The van der Waals surface area contributed by atoms with E-state index >= 15 is 14.4 Å². The molecule has 6 heteroatoms. The van der Waals surface area contributed by atoms with E-state index in [0.29, 0.717) is 38.5 Å². The number of rotatable bonds is 6. The topological polar surface area (TPSA) is 74.7 Å². The molecule has 1 saturated carbocycles. The van der Waals surface area contributed by atoms with Crippen molar-refractivity contribution in [3.05, 3.63) is 208 Å². The summed E-state index contributed by atoms with van der Waals surface area (Å²) in [5.41, 5.74) is -0.000215. The first-order valence-corrected chi connectivity index (χ1v) is 18.9. The fourth-order valence-corrected chi connectivity index (χ4v) is 10.3. The number of nitrogens with zero attached hydrogens (tertiary/aromatic N) is 1. The van der Waals surface area contributed by atoms with Gasteiger partial charge in [0.2, 0.25) is 5.91 Å². The number of benzene rings is 7. The van der Waals surface area contributed by atoms with Gasteiger partial charge in [0.1, 0.15) is 11.0 Å². The highest BCUT2D eigenvalue weighted by Gasteiger charge is 2.81. The number of aliphatic hydroxyl groups is 1. The molecule has 0 bridgehead atoms. The molecule has 0 saturated heterocycles. The molecule has 0 unspecified atom stereocenters. The number of hydrogen-bond donors (Lipinski definition) is 1. The van der Waals surface area contributed by atoms with Crippen LogP contribution in [0.2, 0.25) is 5.02 Å². The maximum atomic E-state index is 16.1. The molecule has 266 valence electrons. The Morgan fingerprint density at radius 2 is 1.33 bits per heavy atom. The van der Waals surface area contributed by atoms with Gasteiger partial charge in [0, 0.05) is 21.8 Å². The number of amides is 1. The summed E-state index contributed by atoms with van der Waals surface area (Å²) < 4.78 is 0. The third-order valence-corrected chi connectivity index (χ3v) is 12.6. The molecular weight excluding hydrogens is 702 g/mol. The van der Waals surface area contributed by atoms with Crippen LogP contribution in [0.3, 0.4) is 0 Å². The van der Waals surface area contributed by atoms with Crippen LogP contribution in [0.5, 0.6) is 0 Å². The standard InChI is InChI=1S/C49H34ClNO4/c50-37-26-27-41-40(28-37)49(46(54)51(41)29-31-12-4-1-5-13-31)44(43(52)35-16-8-3-9-17-35)47(39-21-11-19-34-18-10-20-38(42(34)39)45(47)53)30-48(49,55)36-24-22-33(23-25-36)32-14-6-2-7-15-32/h1-28,44,55H,29-30H2/t44-,47-,48+,49+/m0/s1. The van der Waals surface area contributed by atoms with Crippen LogP contribution >= 0.6 is 11.6 Å². The fraction of sp³-hybridized carbons (Fsp3) is 0.122. The Hall–Kier alpha value is -6.14. The van der Waals surface area contributed by atoms with Crippen molar-refractivity contribution in [1.82, 2.24) is 0 Å². The van der Waals surface area contributed by atoms with Crippen LogP contribution in [0.1, 0.15) is 49.4 Å². The highest BCUT2D eigenvalue weighted by Crippen LogP contribution is 2.72. The quantitative estimate of drug-likeness (QED) is 0.173. The molecule has 4 atom stereocenters. The Morgan fingerprint density at radius 1 is 0.691 bits per heavy atom. The van der Waals surface area contributed by atoms with Gasteiger partial charge in [0.05, 0.1) is 17.9 Å². The van der Waals surface area contributed by atoms with E-state index in [1.54, 1.807) is 53.4 Å². The van der Waals surface area contributed by atoms with Gasteiger partial charge in [-0.3, -0.25) is 14.4 Å². The van der Waals surface area contributed by atoms with Crippen LogP contribution in [0.15, 0.2) is 170 Å². The average molecular weight is 736 g/mol. The number of fused-ring (bicyclic) bond motifs is 3. The molecule has 5 nitrogen and oxygen atoms in total. The van der Waals surface area contributed by atoms with E-state index in [4.69, 9.17) is 11.6 Å². The van der Waals surface area contributed by atoms with Gasteiger partial charge in [-0.25, -0.2) is 0 Å². The molecule has 55 heavy (non-hydrogen) atoms. The first-order chi connectivity index (χ1) is 26.8. The van der Waals surface area contributed by atoms with Crippen LogP contribution < -0.4 is 4.90 Å². The van der Waals surface area contributed by atoms with Crippen LogP contribution in [-0.4, -0.2) is 22.6 Å². The van der Waals surface area contributed by atoms with E-state index in [1.807, 2.05) is 121 Å². The Bertz CT molecular complexity index is 2690. The molecule has 1 amide bonds. The predicted octanol–water partition coefficient (Wildman–Crippen LogP) is 9.87. The molecule has 1 fully saturated rings. The Balaban J connectivity index is 1.32. The van der Waals surface area contributed by atoms with Crippen molar-refractivity contribution in [3.8, 4) is 11.1 Å². The molecule has 0 aromatic heterocycles. The molecule has 7 aromatic carbocycles. The van der Waals surface area contributed by atoms with Crippen molar-refractivity contribution in [2.24, 2.45) is 5.92 Å². The van der Waals surface area contributed by atoms with E-state index < -0.39 is 34.0 Å². The Morgan fingerprint density at radius 3 is 2.04 bits per heavy atom. The van der Waals surface area contributed by atoms with Crippen molar-refractivity contribution in [2.45, 2.75) is 29.4 Å². The summed E-state index contributed by atoms with van der Waals surface area (Å²) in [4.78, 5) is 49.2. The van der Waals surface area contributed by atoms with E-state index in [1.165, 1.54) is 0 Å². The van der Waals surface area contributed by atoms with Gasteiger partial charge in [-0.1, -0.05) is 163 Å². The molecule has 0 radical (unpaired) electrons. The summed E-state index contributed by atoms with van der Waals surface area (Å²) in [6, 6.07) is 52.6. The van der Waals surface area contributed by atoms with Crippen molar-refractivity contribution in [2.75, 3.05) is 4.90 Å². The van der Waals surface area contributed by atoms with E-state index in [-0.39, 0.29) is 18.7 Å².